The van der Waals surface area contributed by atoms with Crippen LogP contribution < -0.4 is 10.6 Å². The summed E-state index contributed by atoms with van der Waals surface area (Å²) in [4.78, 5) is 4.28. The molecule has 0 fully saturated rings. The van der Waals surface area contributed by atoms with E-state index < -0.39 is 5.82 Å². The topological polar surface area (TPSA) is 62.7 Å². The van der Waals surface area contributed by atoms with Crippen LogP contribution in [0.5, 0.6) is 0 Å². The Morgan fingerprint density at radius 3 is 2.90 bits per heavy atom. The normalized spacial score (nSPS) is 12.0. The standard InChI is InChI=1S/C13H15ClFN5/c1-3-8(2)17-13-19-12(7-16-20-13)18-9-4-5-11(15)10(14)6-9/h4-8H,3H2,1-2H3,(H2,17,18,19,20). The van der Waals surface area contributed by atoms with E-state index in [1.165, 1.54) is 18.3 Å². The van der Waals surface area contributed by atoms with Gasteiger partial charge in [0.25, 0.3) is 0 Å². The lowest BCUT2D eigenvalue weighted by Gasteiger charge is -2.11. The van der Waals surface area contributed by atoms with Crippen LogP contribution in [0.25, 0.3) is 0 Å². The second-order valence-corrected chi connectivity index (χ2v) is 4.78. The minimum atomic E-state index is -0.461. The number of benzene rings is 1. The zero-order valence-corrected chi connectivity index (χ0v) is 11.9. The van der Waals surface area contributed by atoms with Crippen molar-refractivity contribution < 1.29 is 4.39 Å². The molecule has 0 aliphatic carbocycles. The second kappa shape index (κ2) is 6.47. The number of rotatable bonds is 5. The molecule has 7 heteroatoms. The molecule has 0 radical (unpaired) electrons. The van der Waals surface area contributed by atoms with Crippen LogP contribution in [0.3, 0.4) is 0 Å². The highest BCUT2D eigenvalue weighted by molar-refractivity contribution is 6.31. The lowest BCUT2D eigenvalue weighted by Crippen LogP contribution is -2.16. The van der Waals surface area contributed by atoms with Crippen molar-refractivity contribution in [2.24, 2.45) is 0 Å². The first-order chi connectivity index (χ1) is 9.58. The highest BCUT2D eigenvalue weighted by atomic mass is 35.5. The smallest absolute Gasteiger partial charge is 0.244 e. The minimum absolute atomic E-state index is 0.0509. The Balaban J connectivity index is 2.12. The number of nitrogens with zero attached hydrogens (tertiary/aromatic N) is 3. The maximum absolute atomic E-state index is 13.1. The zero-order chi connectivity index (χ0) is 14.5. The van der Waals surface area contributed by atoms with Gasteiger partial charge in [0.2, 0.25) is 5.95 Å². The predicted octanol–water partition coefficient (Wildman–Crippen LogP) is 3.62. The Labute approximate surface area is 121 Å². The zero-order valence-electron chi connectivity index (χ0n) is 11.2. The summed E-state index contributed by atoms with van der Waals surface area (Å²) in [5.41, 5.74) is 0.631. The van der Waals surface area contributed by atoms with Crippen molar-refractivity contribution in [3.63, 3.8) is 0 Å². The fourth-order valence-electron chi connectivity index (χ4n) is 1.47. The van der Waals surface area contributed by atoms with E-state index in [1.54, 1.807) is 6.07 Å². The summed E-state index contributed by atoms with van der Waals surface area (Å²) < 4.78 is 13.1. The molecule has 1 unspecified atom stereocenters. The van der Waals surface area contributed by atoms with Crippen molar-refractivity contribution in [2.45, 2.75) is 26.3 Å². The maximum Gasteiger partial charge on any atom is 0.244 e. The predicted molar refractivity (Wildman–Crippen MR) is 77.9 cm³/mol. The Bertz CT molecular complexity index is 593. The van der Waals surface area contributed by atoms with Crippen LogP contribution in [-0.4, -0.2) is 21.2 Å². The average Bonchev–Trinajstić information content (AvgIpc) is 2.43. The highest BCUT2D eigenvalue weighted by Crippen LogP contribution is 2.21. The van der Waals surface area contributed by atoms with Crippen molar-refractivity contribution in [1.29, 1.82) is 0 Å². The number of nitrogens with one attached hydrogen (secondary N) is 2. The van der Waals surface area contributed by atoms with E-state index in [9.17, 15) is 4.39 Å². The molecule has 0 aliphatic rings. The van der Waals surface area contributed by atoms with E-state index in [0.29, 0.717) is 17.5 Å². The van der Waals surface area contributed by atoms with Gasteiger partial charge in [0, 0.05) is 11.7 Å². The summed E-state index contributed by atoms with van der Waals surface area (Å²) >= 11 is 5.72. The molecule has 20 heavy (non-hydrogen) atoms. The molecule has 1 aromatic carbocycles. The molecule has 1 atom stereocenters. The number of halogens is 2. The first-order valence-electron chi connectivity index (χ1n) is 6.27. The Morgan fingerprint density at radius 2 is 2.20 bits per heavy atom. The van der Waals surface area contributed by atoms with Gasteiger partial charge in [-0.15, -0.1) is 5.10 Å². The molecule has 0 amide bonds. The molecule has 1 heterocycles. The first kappa shape index (κ1) is 14.5. The van der Waals surface area contributed by atoms with Gasteiger partial charge in [-0.05, 0) is 31.5 Å². The van der Waals surface area contributed by atoms with E-state index in [4.69, 9.17) is 11.6 Å². The third-order valence-corrected chi connectivity index (χ3v) is 3.03. The van der Waals surface area contributed by atoms with Crippen molar-refractivity contribution in [2.75, 3.05) is 10.6 Å². The van der Waals surface area contributed by atoms with Gasteiger partial charge in [0.15, 0.2) is 5.82 Å². The van der Waals surface area contributed by atoms with Crippen molar-refractivity contribution in [1.82, 2.24) is 15.2 Å². The van der Waals surface area contributed by atoms with Crippen LogP contribution in [0.1, 0.15) is 20.3 Å². The summed E-state index contributed by atoms with van der Waals surface area (Å²) in [6, 6.07) is 4.61. The van der Waals surface area contributed by atoms with Crippen molar-refractivity contribution >= 4 is 29.1 Å². The van der Waals surface area contributed by atoms with Crippen molar-refractivity contribution in [3.05, 3.63) is 35.2 Å². The van der Waals surface area contributed by atoms with Gasteiger partial charge in [0.1, 0.15) is 5.82 Å². The van der Waals surface area contributed by atoms with Gasteiger partial charge in [-0.25, -0.2) is 4.39 Å². The van der Waals surface area contributed by atoms with Gasteiger partial charge in [0.05, 0.1) is 11.2 Å². The fourth-order valence-corrected chi connectivity index (χ4v) is 1.65. The van der Waals surface area contributed by atoms with Crippen LogP contribution in [0.15, 0.2) is 24.4 Å². The van der Waals surface area contributed by atoms with Gasteiger partial charge < -0.3 is 10.6 Å². The fraction of sp³-hybridized carbons (Fsp3) is 0.308. The second-order valence-electron chi connectivity index (χ2n) is 4.37. The number of hydrogen-bond donors (Lipinski definition) is 2. The molecule has 2 rings (SSSR count). The lowest BCUT2D eigenvalue weighted by molar-refractivity contribution is 0.628. The molecular formula is C13H15ClFN5. The molecule has 0 saturated carbocycles. The average molecular weight is 296 g/mol. The van der Waals surface area contributed by atoms with E-state index in [2.05, 4.69) is 32.7 Å². The summed E-state index contributed by atoms with van der Waals surface area (Å²) in [7, 11) is 0. The summed E-state index contributed by atoms with van der Waals surface area (Å²) in [6.07, 6.45) is 2.44. The van der Waals surface area contributed by atoms with Crippen molar-refractivity contribution in [3.8, 4) is 0 Å². The number of aromatic nitrogens is 3. The third-order valence-electron chi connectivity index (χ3n) is 2.74. The van der Waals surface area contributed by atoms with Gasteiger partial charge in [-0.3, -0.25) is 0 Å². The van der Waals surface area contributed by atoms with Crippen LogP contribution >= 0.6 is 11.6 Å². The molecule has 5 nitrogen and oxygen atoms in total. The minimum Gasteiger partial charge on any atom is -0.350 e. The first-order valence-corrected chi connectivity index (χ1v) is 6.64. The third kappa shape index (κ3) is 3.77. The molecule has 0 bridgehead atoms. The molecule has 0 saturated heterocycles. The SMILES string of the molecule is CCC(C)Nc1nncc(Nc2ccc(F)c(Cl)c2)n1. The molecule has 0 spiro atoms. The lowest BCUT2D eigenvalue weighted by atomic mass is 10.3. The summed E-state index contributed by atoms with van der Waals surface area (Å²) in [5.74, 6) is 0.489. The van der Waals surface area contributed by atoms with Gasteiger partial charge in [-0.2, -0.15) is 10.1 Å². The maximum atomic E-state index is 13.1. The Morgan fingerprint density at radius 1 is 1.40 bits per heavy atom. The largest absolute Gasteiger partial charge is 0.350 e. The van der Waals surface area contributed by atoms with Crippen LogP contribution in [0, 0.1) is 5.82 Å². The van der Waals surface area contributed by atoms with E-state index in [0.717, 1.165) is 6.42 Å². The number of hydrogen-bond acceptors (Lipinski definition) is 5. The van der Waals surface area contributed by atoms with Crippen LogP contribution in [0.2, 0.25) is 5.02 Å². The molecule has 1 aromatic heterocycles. The van der Waals surface area contributed by atoms with Crippen LogP contribution in [-0.2, 0) is 0 Å². The van der Waals surface area contributed by atoms with Crippen LogP contribution in [0.4, 0.5) is 21.8 Å². The van der Waals surface area contributed by atoms with E-state index >= 15 is 0 Å². The molecule has 2 aromatic rings. The van der Waals surface area contributed by atoms with Gasteiger partial charge in [-0.1, -0.05) is 18.5 Å². The molecular weight excluding hydrogens is 281 g/mol. The highest BCUT2D eigenvalue weighted by Gasteiger charge is 2.05. The number of anilines is 3. The monoisotopic (exact) mass is 295 g/mol. The summed E-state index contributed by atoms with van der Waals surface area (Å²) in [5, 5.41) is 13.9. The Hall–Kier alpha value is -1.95. The molecule has 2 N–H and O–H groups in total. The molecule has 0 aliphatic heterocycles. The Kier molecular flexibility index (Phi) is 4.68. The van der Waals surface area contributed by atoms with E-state index in [-0.39, 0.29) is 11.1 Å². The van der Waals surface area contributed by atoms with Gasteiger partial charge >= 0.3 is 0 Å². The van der Waals surface area contributed by atoms with E-state index in [1.807, 2.05) is 6.92 Å². The summed E-state index contributed by atoms with van der Waals surface area (Å²) in [6.45, 7) is 4.09. The quantitative estimate of drug-likeness (QED) is 0.882. The molecule has 106 valence electrons.